The molecule has 0 aromatic carbocycles. The van der Waals surface area contributed by atoms with E-state index in [0.29, 0.717) is 42.9 Å². The zero-order valence-corrected chi connectivity index (χ0v) is 18.3. The highest BCUT2D eigenvalue weighted by molar-refractivity contribution is 6.04. The number of carbonyl (C=O) groups is 3. The molecule has 0 atom stereocenters. The molecule has 0 N–H and O–H groups in total. The van der Waals surface area contributed by atoms with E-state index < -0.39 is 5.97 Å². The maximum Gasteiger partial charge on any atom is 0.355 e. The van der Waals surface area contributed by atoms with Crippen LogP contribution >= 0.6 is 0 Å². The summed E-state index contributed by atoms with van der Waals surface area (Å²) in [5, 5.41) is 0. The summed E-state index contributed by atoms with van der Waals surface area (Å²) in [4.78, 5) is 39.6. The van der Waals surface area contributed by atoms with Gasteiger partial charge in [-0.25, -0.2) is 4.79 Å². The lowest BCUT2D eigenvalue weighted by atomic mass is 10.0. The molecule has 158 valence electrons. The van der Waals surface area contributed by atoms with Gasteiger partial charge in [0.1, 0.15) is 5.69 Å². The molecule has 28 heavy (non-hydrogen) atoms. The van der Waals surface area contributed by atoms with Crippen LogP contribution in [0.3, 0.4) is 0 Å². The standard InChI is InChI=1S/C21H34N2O5/c1-8-23-16(6)19(15(5)20(23)21(26)28-9-2)17(24)13-22(10-11-27-7)18(25)12-14(3)4/h14H,8-13H2,1-7H3. The van der Waals surface area contributed by atoms with Crippen LogP contribution in [0.25, 0.3) is 0 Å². The number of nitrogens with zero attached hydrogens (tertiary/aromatic N) is 2. The minimum absolute atomic E-state index is 0.0351. The Morgan fingerprint density at radius 2 is 1.79 bits per heavy atom. The molecule has 0 bridgehead atoms. The molecule has 7 heteroatoms. The smallest absolute Gasteiger partial charge is 0.355 e. The molecule has 1 aromatic rings. The summed E-state index contributed by atoms with van der Waals surface area (Å²) in [6.07, 6.45) is 0.374. The van der Waals surface area contributed by atoms with Gasteiger partial charge in [0.15, 0.2) is 5.78 Å². The van der Waals surface area contributed by atoms with Crippen molar-refractivity contribution >= 4 is 17.7 Å². The second-order valence-electron chi connectivity index (χ2n) is 7.23. The average molecular weight is 395 g/mol. The van der Waals surface area contributed by atoms with Gasteiger partial charge in [-0.05, 0) is 39.2 Å². The van der Waals surface area contributed by atoms with Crippen molar-refractivity contribution in [2.45, 2.75) is 54.5 Å². The fourth-order valence-corrected chi connectivity index (χ4v) is 3.39. The first-order valence-corrected chi connectivity index (χ1v) is 9.86. The van der Waals surface area contributed by atoms with Crippen LogP contribution in [0.5, 0.6) is 0 Å². The number of carbonyl (C=O) groups excluding carboxylic acids is 3. The summed E-state index contributed by atoms with van der Waals surface area (Å²) in [7, 11) is 1.56. The minimum Gasteiger partial charge on any atom is -0.461 e. The van der Waals surface area contributed by atoms with Crippen LogP contribution in [-0.2, 0) is 20.8 Å². The Labute approximate surface area is 168 Å². The number of esters is 1. The maximum atomic E-state index is 13.1. The monoisotopic (exact) mass is 394 g/mol. The normalized spacial score (nSPS) is 11.0. The Morgan fingerprint density at radius 3 is 2.29 bits per heavy atom. The number of hydrogen-bond donors (Lipinski definition) is 0. The molecular formula is C21H34N2O5. The van der Waals surface area contributed by atoms with Crippen molar-refractivity contribution in [2.75, 3.05) is 33.4 Å². The Balaban J connectivity index is 3.21. The van der Waals surface area contributed by atoms with Crippen LogP contribution in [0.4, 0.5) is 0 Å². The predicted molar refractivity (Wildman–Crippen MR) is 108 cm³/mol. The number of amides is 1. The third kappa shape index (κ3) is 5.67. The molecule has 0 saturated carbocycles. The first-order valence-electron chi connectivity index (χ1n) is 9.86. The van der Waals surface area contributed by atoms with Crippen molar-refractivity contribution in [3.05, 3.63) is 22.5 Å². The maximum absolute atomic E-state index is 13.1. The van der Waals surface area contributed by atoms with Gasteiger partial charge in [0.2, 0.25) is 5.91 Å². The van der Waals surface area contributed by atoms with Gasteiger partial charge in [-0.3, -0.25) is 9.59 Å². The number of aromatic nitrogens is 1. The highest BCUT2D eigenvalue weighted by Gasteiger charge is 2.28. The number of Topliss-reactive ketones (excluding diaryl/α,β-unsaturated/α-hetero) is 1. The number of rotatable bonds is 11. The zero-order chi connectivity index (χ0) is 21.4. The largest absolute Gasteiger partial charge is 0.461 e. The fourth-order valence-electron chi connectivity index (χ4n) is 3.39. The lowest BCUT2D eigenvalue weighted by molar-refractivity contribution is -0.132. The second-order valence-corrected chi connectivity index (χ2v) is 7.23. The first kappa shape index (κ1) is 23.9. The summed E-state index contributed by atoms with van der Waals surface area (Å²) in [5.41, 5.74) is 2.22. The number of ether oxygens (including phenoxy) is 2. The van der Waals surface area contributed by atoms with E-state index >= 15 is 0 Å². The van der Waals surface area contributed by atoms with Crippen molar-refractivity contribution in [3.8, 4) is 0 Å². The van der Waals surface area contributed by atoms with Gasteiger partial charge in [-0.1, -0.05) is 13.8 Å². The molecule has 0 aliphatic carbocycles. The van der Waals surface area contributed by atoms with Gasteiger partial charge in [0, 0.05) is 37.9 Å². The van der Waals surface area contributed by atoms with E-state index in [1.54, 1.807) is 25.5 Å². The van der Waals surface area contributed by atoms with Crippen LogP contribution in [0, 0.1) is 19.8 Å². The van der Waals surface area contributed by atoms with E-state index in [1.165, 1.54) is 4.90 Å². The van der Waals surface area contributed by atoms with Crippen LogP contribution < -0.4 is 0 Å². The lowest BCUT2D eigenvalue weighted by Gasteiger charge is -2.23. The molecule has 1 rings (SSSR count). The molecule has 1 aromatic heterocycles. The topological polar surface area (TPSA) is 77.8 Å². The fraction of sp³-hybridized carbons (Fsp3) is 0.667. The molecule has 7 nitrogen and oxygen atoms in total. The van der Waals surface area contributed by atoms with E-state index in [2.05, 4.69) is 0 Å². The van der Waals surface area contributed by atoms with E-state index in [-0.39, 0.29) is 30.8 Å². The van der Waals surface area contributed by atoms with E-state index in [0.717, 1.165) is 5.69 Å². The number of ketones is 1. The Morgan fingerprint density at radius 1 is 1.14 bits per heavy atom. The van der Waals surface area contributed by atoms with Crippen LogP contribution in [0.2, 0.25) is 0 Å². The van der Waals surface area contributed by atoms with E-state index in [1.807, 2.05) is 27.7 Å². The van der Waals surface area contributed by atoms with Gasteiger partial charge >= 0.3 is 5.97 Å². The zero-order valence-electron chi connectivity index (χ0n) is 18.3. The molecule has 0 saturated heterocycles. The van der Waals surface area contributed by atoms with Gasteiger partial charge in [0.25, 0.3) is 0 Å². The number of methoxy groups -OCH3 is 1. The summed E-state index contributed by atoms with van der Waals surface area (Å²) in [5.74, 6) is -0.485. The molecule has 0 aliphatic rings. The summed E-state index contributed by atoms with van der Waals surface area (Å²) < 4.78 is 12.1. The van der Waals surface area contributed by atoms with Crippen molar-refractivity contribution < 1.29 is 23.9 Å². The predicted octanol–water partition coefficient (Wildman–Crippen LogP) is 3.01. The SMILES string of the molecule is CCOC(=O)c1c(C)c(C(=O)CN(CCOC)C(=O)CC(C)C)c(C)n1CC. The van der Waals surface area contributed by atoms with E-state index in [9.17, 15) is 14.4 Å². The third-order valence-corrected chi connectivity index (χ3v) is 4.67. The molecule has 0 radical (unpaired) electrons. The Kier molecular flexibility index (Phi) is 9.38. The van der Waals surface area contributed by atoms with Gasteiger partial charge < -0.3 is 18.9 Å². The summed E-state index contributed by atoms with van der Waals surface area (Å²) >= 11 is 0. The molecule has 0 fully saturated rings. The highest BCUT2D eigenvalue weighted by Crippen LogP contribution is 2.24. The Bertz CT molecular complexity index is 706. The highest BCUT2D eigenvalue weighted by atomic mass is 16.5. The third-order valence-electron chi connectivity index (χ3n) is 4.67. The molecule has 0 aliphatic heterocycles. The van der Waals surface area contributed by atoms with Crippen LogP contribution in [0.15, 0.2) is 0 Å². The second kappa shape index (κ2) is 11.0. The van der Waals surface area contributed by atoms with Crippen molar-refractivity contribution in [2.24, 2.45) is 5.92 Å². The minimum atomic E-state index is -0.434. The van der Waals surface area contributed by atoms with Crippen molar-refractivity contribution in [3.63, 3.8) is 0 Å². The Hall–Kier alpha value is -2.15. The molecule has 1 amide bonds. The van der Waals surface area contributed by atoms with Gasteiger partial charge in [-0.2, -0.15) is 0 Å². The number of hydrogen-bond acceptors (Lipinski definition) is 5. The summed E-state index contributed by atoms with van der Waals surface area (Å²) in [6, 6.07) is 0. The first-order chi connectivity index (χ1) is 13.2. The van der Waals surface area contributed by atoms with Crippen molar-refractivity contribution in [1.82, 2.24) is 9.47 Å². The molecule has 0 spiro atoms. The molecule has 0 unspecified atom stereocenters. The summed E-state index contributed by atoms with van der Waals surface area (Å²) in [6.45, 7) is 12.7. The quantitative estimate of drug-likeness (QED) is 0.426. The van der Waals surface area contributed by atoms with Gasteiger partial charge in [0.05, 0.1) is 19.8 Å². The van der Waals surface area contributed by atoms with Crippen LogP contribution in [-0.4, -0.2) is 60.5 Å². The lowest BCUT2D eigenvalue weighted by Crippen LogP contribution is -2.38. The average Bonchev–Trinajstić information content (AvgIpc) is 2.87. The van der Waals surface area contributed by atoms with E-state index in [4.69, 9.17) is 9.47 Å². The van der Waals surface area contributed by atoms with Crippen molar-refractivity contribution in [1.29, 1.82) is 0 Å². The molecular weight excluding hydrogens is 360 g/mol. The molecule has 1 heterocycles. The van der Waals surface area contributed by atoms with Crippen LogP contribution in [0.1, 0.15) is 66.2 Å². The van der Waals surface area contributed by atoms with Gasteiger partial charge in [-0.15, -0.1) is 0 Å².